The van der Waals surface area contributed by atoms with Crippen molar-refractivity contribution in [2.45, 2.75) is 0 Å². The molecule has 0 saturated heterocycles. The van der Waals surface area contributed by atoms with Crippen molar-refractivity contribution in [3.05, 3.63) is 51.6 Å². The smallest absolute Gasteiger partial charge is 0.256 e. The third-order valence-corrected chi connectivity index (χ3v) is 3.14. The van der Waals surface area contributed by atoms with Gasteiger partial charge in [-0.2, -0.15) is 0 Å². The van der Waals surface area contributed by atoms with E-state index in [4.69, 9.17) is 17.3 Å². The van der Waals surface area contributed by atoms with Crippen LogP contribution >= 0.6 is 27.5 Å². The summed E-state index contributed by atoms with van der Waals surface area (Å²) in [5.74, 6) is 0.183. The zero-order valence-electron chi connectivity index (χ0n) is 9.15. The van der Waals surface area contributed by atoms with E-state index in [0.29, 0.717) is 26.6 Å². The van der Waals surface area contributed by atoms with Gasteiger partial charge in [-0.1, -0.05) is 11.6 Å². The van der Waals surface area contributed by atoms with Crippen molar-refractivity contribution in [1.29, 1.82) is 0 Å². The second-order valence-corrected chi connectivity index (χ2v) is 4.84. The second-order valence-electron chi connectivity index (χ2n) is 3.55. The maximum absolute atomic E-state index is 11.9. The zero-order valence-corrected chi connectivity index (χ0v) is 11.5. The summed E-state index contributed by atoms with van der Waals surface area (Å²) in [6.07, 6.45) is 1.47. The molecule has 1 aromatic heterocycles. The van der Waals surface area contributed by atoms with Gasteiger partial charge in [0.1, 0.15) is 5.82 Å². The van der Waals surface area contributed by atoms with Crippen molar-refractivity contribution in [3.63, 3.8) is 0 Å². The molecule has 1 heterocycles. The van der Waals surface area contributed by atoms with Gasteiger partial charge in [0.25, 0.3) is 5.91 Å². The van der Waals surface area contributed by atoms with E-state index in [-0.39, 0.29) is 5.91 Å². The Hall–Kier alpha value is -1.59. The molecule has 1 amide bonds. The number of benzene rings is 1. The van der Waals surface area contributed by atoms with E-state index < -0.39 is 0 Å². The van der Waals surface area contributed by atoms with Gasteiger partial charge in [-0.3, -0.25) is 4.79 Å². The van der Waals surface area contributed by atoms with E-state index in [0.717, 1.165) is 0 Å². The predicted octanol–water partition coefficient (Wildman–Crippen LogP) is 3.33. The van der Waals surface area contributed by atoms with Gasteiger partial charge in [0.05, 0.1) is 5.02 Å². The number of rotatable bonds is 2. The van der Waals surface area contributed by atoms with E-state index >= 15 is 0 Å². The van der Waals surface area contributed by atoms with Crippen LogP contribution in [0.2, 0.25) is 5.02 Å². The number of anilines is 2. The standard InChI is InChI=1S/C12H9BrClN3O/c13-9-5-7(1-3-10(9)15)12(18)17-11-4-2-8(14)6-16-11/h1-6H,15H2,(H,16,17,18). The molecule has 0 fully saturated rings. The Balaban J connectivity index is 2.16. The van der Waals surface area contributed by atoms with Gasteiger partial charge in [-0.25, -0.2) is 4.98 Å². The number of hydrogen-bond acceptors (Lipinski definition) is 3. The highest BCUT2D eigenvalue weighted by Gasteiger charge is 2.08. The number of aromatic nitrogens is 1. The SMILES string of the molecule is Nc1ccc(C(=O)Nc2ccc(Cl)cn2)cc1Br. The third kappa shape index (κ3) is 3.00. The number of pyridine rings is 1. The van der Waals surface area contributed by atoms with Crippen LogP contribution in [0, 0.1) is 0 Å². The van der Waals surface area contributed by atoms with Gasteiger partial charge in [-0.05, 0) is 46.3 Å². The highest BCUT2D eigenvalue weighted by atomic mass is 79.9. The maximum Gasteiger partial charge on any atom is 0.256 e. The monoisotopic (exact) mass is 325 g/mol. The number of halogens is 2. The Bertz CT molecular complexity index is 586. The molecule has 1 aromatic carbocycles. The normalized spacial score (nSPS) is 10.1. The number of hydrogen-bond donors (Lipinski definition) is 2. The molecular weight excluding hydrogens is 318 g/mol. The molecule has 6 heteroatoms. The second kappa shape index (κ2) is 5.37. The maximum atomic E-state index is 11.9. The largest absolute Gasteiger partial charge is 0.398 e. The molecule has 0 atom stereocenters. The molecule has 0 aliphatic carbocycles. The van der Waals surface area contributed by atoms with Crippen LogP contribution < -0.4 is 11.1 Å². The van der Waals surface area contributed by atoms with Crippen molar-refractivity contribution in [3.8, 4) is 0 Å². The number of nitrogens with two attached hydrogens (primary N) is 1. The van der Waals surface area contributed by atoms with Crippen LogP contribution in [0.15, 0.2) is 41.0 Å². The van der Waals surface area contributed by atoms with E-state index in [1.807, 2.05) is 0 Å². The van der Waals surface area contributed by atoms with Crippen molar-refractivity contribution >= 4 is 44.9 Å². The van der Waals surface area contributed by atoms with Crippen molar-refractivity contribution in [2.75, 3.05) is 11.1 Å². The number of nitrogens with one attached hydrogen (secondary N) is 1. The summed E-state index contributed by atoms with van der Waals surface area (Å²) in [5.41, 5.74) is 6.73. The number of carbonyl (C=O) groups excluding carboxylic acids is 1. The lowest BCUT2D eigenvalue weighted by Gasteiger charge is -2.05. The fourth-order valence-electron chi connectivity index (χ4n) is 1.31. The Morgan fingerprint density at radius 1 is 1.33 bits per heavy atom. The Morgan fingerprint density at radius 2 is 2.11 bits per heavy atom. The molecule has 18 heavy (non-hydrogen) atoms. The van der Waals surface area contributed by atoms with E-state index in [2.05, 4.69) is 26.2 Å². The molecule has 0 aliphatic heterocycles. The summed E-state index contributed by atoms with van der Waals surface area (Å²) in [6, 6.07) is 8.25. The van der Waals surface area contributed by atoms with Gasteiger partial charge in [0.2, 0.25) is 0 Å². The molecule has 4 nitrogen and oxygen atoms in total. The minimum atomic E-state index is -0.259. The highest BCUT2D eigenvalue weighted by molar-refractivity contribution is 9.10. The lowest BCUT2D eigenvalue weighted by atomic mass is 10.2. The number of nitrogens with zero attached hydrogens (tertiary/aromatic N) is 1. The van der Waals surface area contributed by atoms with Crippen LogP contribution in [0.25, 0.3) is 0 Å². The average molecular weight is 327 g/mol. The van der Waals surface area contributed by atoms with Gasteiger partial charge in [-0.15, -0.1) is 0 Å². The fraction of sp³-hybridized carbons (Fsp3) is 0. The van der Waals surface area contributed by atoms with Crippen LogP contribution in [-0.2, 0) is 0 Å². The minimum absolute atomic E-state index is 0.259. The first kappa shape index (κ1) is 12.9. The van der Waals surface area contributed by atoms with Crippen LogP contribution in [0.3, 0.4) is 0 Å². The molecule has 0 spiro atoms. The predicted molar refractivity (Wildman–Crippen MR) is 75.8 cm³/mol. The first-order valence-corrected chi connectivity index (χ1v) is 6.21. The summed E-state index contributed by atoms with van der Waals surface area (Å²) in [6.45, 7) is 0. The molecule has 2 rings (SSSR count). The minimum Gasteiger partial charge on any atom is -0.398 e. The van der Waals surface area contributed by atoms with E-state index in [1.54, 1.807) is 30.3 Å². The van der Waals surface area contributed by atoms with Crippen molar-refractivity contribution < 1.29 is 4.79 Å². The van der Waals surface area contributed by atoms with E-state index in [1.165, 1.54) is 6.20 Å². The topological polar surface area (TPSA) is 68.0 Å². The number of carbonyl (C=O) groups is 1. The molecule has 0 bridgehead atoms. The number of amides is 1. The lowest BCUT2D eigenvalue weighted by molar-refractivity contribution is 0.102. The Morgan fingerprint density at radius 3 is 2.72 bits per heavy atom. The van der Waals surface area contributed by atoms with Crippen LogP contribution in [0.5, 0.6) is 0 Å². The molecule has 3 N–H and O–H groups in total. The summed E-state index contributed by atoms with van der Waals surface area (Å²) in [4.78, 5) is 15.9. The van der Waals surface area contributed by atoms with Gasteiger partial charge < -0.3 is 11.1 Å². The van der Waals surface area contributed by atoms with E-state index in [9.17, 15) is 4.79 Å². The summed E-state index contributed by atoms with van der Waals surface area (Å²) >= 11 is 8.98. The quantitative estimate of drug-likeness (QED) is 0.832. The highest BCUT2D eigenvalue weighted by Crippen LogP contribution is 2.21. The van der Waals surface area contributed by atoms with Crippen molar-refractivity contribution in [1.82, 2.24) is 4.98 Å². The van der Waals surface area contributed by atoms with Crippen LogP contribution in [0.4, 0.5) is 11.5 Å². The third-order valence-electron chi connectivity index (χ3n) is 2.23. The summed E-state index contributed by atoms with van der Waals surface area (Å²) in [5, 5.41) is 3.18. The van der Waals surface area contributed by atoms with Crippen molar-refractivity contribution in [2.24, 2.45) is 0 Å². The first-order chi connectivity index (χ1) is 8.56. The van der Waals surface area contributed by atoms with Gasteiger partial charge in [0, 0.05) is 21.9 Å². The molecule has 0 saturated carbocycles. The Kier molecular flexibility index (Phi) is 3.84. The van der Waals surface area contributed by atoms with Crippen LogP contribution in [-0.4, -0.2) is 10.9 Å². The average Bonchev–Trinajstić information content (AvgIpc) is 2.35. The molecule has 2 aromatic rings. The molecule has 0 radical (unpaired) electrons. The molecule has 0 unspecified atom stereocenters. The van der Waals surface area contributed by atoms with Gasteiger partial charge in [0.15, 0.2) is 0 Å². The lowest BCUT2D eigenvalue weighted by Crippen LogP contribution is -2.12. The first-order valence-electron chi connectivity index (χ1n) is 5.04. The summed E-state index contributed by atoms with van der Waals surface area (Å²) < 4.78 is 0.680. The summed E-state index contributed by atoms with van der Waals surface area (Å²) in [7, 11) is 0. The van der Waals surface area contributed by atoms with Crippen LogP contribution in [0.1, 0.15) is 10.4 Å². The molecule has 92 valence electrons. The zero-order chi connectivity index (χ0) is 13.1. The fourth-order valence-corrected chi connectivity index (χ4v) is 1.80. The Labute approximate surface area is 117 Å². The molecule has 0 aliphatic rings. The van der Waals surface area contributed by atoms with Gasteiger partial charge >= 0.3 is 0 Å². The number of nitrogen functional groups attached to an aromatic ring is 1. The molecular formula is C12H9BrClN3O.